The molecule has 0 radical (unpaired) electrons. The summed E-state index contributed by atoms with van der Waals surface area (Å²) in [5.74, 6) is 0.254. The lowest BCUT2D eigenvalue weighted by molar-refractivity contribution is 0.0600. The van der Waals surface area contributed by atoms with Crippen molar-refractivity contribution in [3.8, 4) is 16.3 Å². The highest BCUT2D eigenvalue weighted by atomic mass is 32.1. The van der Waals surface area contributed by atoms with Gasteiger partial charge in [0.1, 0.15) is 16.9 Å². The molecule has 116 valence electrons. The molecule has 0 amide bonds. The van der Waals surface area contributed by atoms with Crippen LogP contribution in [0.4, 0.5) is 0 Å². The zero-order valence-corrected chi connectivity index (χ0v) is 13.3. The van der Waals surface area contributed by atoms with Gasteiger partial charge >= 0.3 is 5.97 Å². The Bertz CT molecular complexity index is 677. The van der Waals surface area contributed by atoms with Crippen LogP contribution in [0.5, 0.6) is 5.75 Å². The first-order chi connectivity index (χ1) is 10.7. The second kappa shape index (κ2) is 6.46. The lowest BCUT2D eigenvalue weighted by atomic mass is 10.1. The molecular formula is C16H17NO4S. The van der Waals surface area contributed by atoms with Crippen molar-refractivity contribution in [1.82, 2.24) is 4.98 Å². The summed E-state index contributed by atoms with van der Waals surface area (Å²) in [6, 6.07) is 5.39. The highest BCUT2D eigenvalue weighted by Gasteiger charge is 2.19. The predicted molar refractivity (Wildman–Crippen MR) is 83.5 cm³/mol. The zero-order valence-electron chi connectivity index (χ0n) is 12.5. The van der Waals surface area contributed by atoms with E-state index < -0.39 is 0 Å². The molecule has 2 heterocycles. The maximum absolute atomic E-state index is 11.9. The minimum Gasteiger partial charge on any atom is -0.488 e. The standard InChI is InChI=1S/C16H17NO4S/c1-10-8-17-15(22-10)11-5-12(16(18)19-2)7-14(6-11)21-13-3-4-20-9-13/h5-8,13H,3-4,9H2,1-2H3/t13-/m0/s1. The van der Waals surface area contributed by atoms with Crippen LogP contribution in [0.15, 0.2) is 24.4 Å². The van der Waals surface area contributed by atoms with Crippen molar-refractivity contribution in [2.24, 2.45) is 0 Å². The fourth-order valence-electron chi connectivity index (χ4n) is 2.31. The number of aromatic nitrogens is 1. The van der Waals surface area contributed by atoms with Crippen LogP contribution in [-0.4, -0.2) is 37.4 Å². The Morgan fingerprint density at radius 3 is 2.91 bits per heavy atom. The van der Waals surface area contributed by atoms with Crippen molar-refractivity contribution >= 4 is 17.3 Å². The molecule has 5 nitrogen and oxygen atoms in total. The van der Waals surface area contributed by atoms with E-state index >= 15 is 0 Å². The number of nitrogens with zero attached hydrogens (tertiary/aromatic N) is 1. The van der Waals surface area contributed by atoms with Crippen LogP contribution in [-0.2, 0) is 9.47 Å². The van der Waals surface area contributed by atoms with Crippen molar-refractivity contribution in [3.05, 3.63) is 34.8 Å². The highest BCUT2D eigenvalue weighted by molar-refractivity contribution is 7.14. The molecule has 22 heavy (non-hydrogen) atoms. The van der Waals surface area contributed by atoms with Crippen LogP contribution in [0.2, 0.25) is 0 Å². The quantitative estimate of drug-likeness (QED) is 0.811. The van der Waals surface area contributed by atoms with Crippen molar-refractivity contribution < 1.29 is 19.0 Å². The highest BCUT2D eigenvalue weighted by Crippen LogP contribution is 2.30. The molecule has 1 fully saturated rings. The van der Waals surface area contributed by atoms with Gasteiger partial charge in [0, 0.05) is 23.1 Å². The molecule has 0 aliphatic carbocycles. The molecule has 0 bridgehead atoms. The maximum atomic E-state index is 11.9. The van der Waals surface area contributed by atoms with E-state index in [0.717, 1.165) is 21.9 Å². The van der Waals surface area contributed by atoms with Crippen LogP contribution < -0.4 is 4.74 Å². The first kappa shape index (κ1) is 15.0. The maximum Gasteiger partial charge on any atom is 0.338 e. The number of methoxy groups -OCH3 is 1. The molecule has 1 saturated heterocycles. The fraction of sp³-hybridized carbons (Fsp3) is 0.375. The van der Waals surface area contributed by atoms with Crippen LogP contribution >= 0.6 is 11.3 Å². The summed E-state index contributed by atoms with van der Waals surface area (Å²) in [4.78, 5) is 17.4. The lowest BCUT2D eigenvalue weighted by Crippen LogP contribution is -2.16. The van der Waals surface area contributed by atoms with E-state index in [1.807, 2.05) is 19.2 Å². The number of hydrogen-bond donors (Lipinski definition) is 0. The van der Waals surface area contributed by atoms with Crippen LogP contribution in [0, 0.1) is 6.92 Å². The number of carbonyl (C=O) groups is 1. The fourth-order valence-corrected chi connectivity index (χ4v) is 3.06. The van der Waals surface area contributed by atoms with E-state index in [1.54, 1.807) is 23.5 Å². The number of esters is 1. The minimum atomic E-state index is -0.386. The molecule has 1 atom stereocenters. The van der Waals surface area contributed by atoms with E-state index in [1.165, 1.54) is 7.11 Å². The van der Waals surface area contributed by atoms with Gasteiger partial charge in [0.25, 0.3) is 0 Å². The molecule has 1 aliphatic heterocycles. The summed E-state index contributed by atoms with van der Waals surface area (Å²) in [6.45, 7) is 3.28. The molecule has 6 heteroatoms. The number of hydrogen-bond acceptors (Lipinski definition) is 6. The Balaban J connectivity index is 1.95. The number of thiazole rings is 1. The van der Waals surface area contributed by atoms with Gasteiger partial charge in [0.15, 0.2) is 0 Å². The third-order valence-corrected chi connectivity index (χ3v) is 4.35. The SMILES string of the molecule is COC(=O)c1cc(O[C@H]2CCOC2)cc(-c2ncc(C)s2)c1. The first-order valence-corrected chi connectivity index (χ1v) is 7.88. The van der Waals surface area contributed by atoms with Gasteiger partial charge in [-0.1, -0.05) is 0 Å². The summed E-state index contributed by atoms with van der Waals surface area (Å²) in [6.07, 6.45) is 2.70. The van der Waals surface area contributed by atoms with E-state index in [9.17, 15) is 4.79 Å². The van der Waals surface area contributed by atoms with Gasteiger partial charge in [0.2, 0.25) is 0 Å². The molecule has 0 saturated carbocycles. The number of aryl methyl sites for hydroxylation is 1. The smallest absolute Gasteiger partial charge is 0.338 e. The second-order valence-corrected chi connectivity index (χ2v) is 6.35. The Hall–Kier alpha value is -1.92. The number of carbonyl (C=O) groups excluding carboxylic acids is 1. The topological polar surface area (TPSA) is 57.7 Å². The van der Waals surface area contributed by atoms with Gasteiger partial charge in [-0.2, -0.15) is 0 Å². The van der Waals surface area contributed by atoms with Crippen molar-refractivity contribution in [2.45, 2.75) is 19.4 Å². The third-order valence-electron chi connectivity index (χ3n) is 3.39. The van der Waals surface area contributed by atoms with E-state index in [4.69, 9.17) is 14.2 Å². The molecule has 1 aromatic carbocycles. The summed E-state index contributed by atoms with van der Waals surface area (Å²) < 4.78 is 16.1. The van der Waals surface area contributed by atoms with Gasteiger partial charge in [-0.05, 0) is 25.1 Å². The number of benzene rings is 1. The van der Waals surface area contributed by atoms with Crippen LogP contribution in [0.1, 0.15) is 21.7 Å². The number of ether oxygens (including phenoxy) is 3. The van der Waals surface area contributed by atoms with Gasteiger partial charge in [-0.3, -0.25) is 0 Å². The van der Waals surface area contributed by atoms with Crippen molar-refractivity contribution in [3.63, 3.8) is 0 Å². The van der Waals surface area contributed by atoms with E-state index in [-0.39, 0.29) is 12.1 Å². The Morgan fingerprint density at radius 2 is 2.27 bits per heavy atom. The Kier molecular flexibility index (Phi) is 4.40. The third kappa shape index (κ3) is 3.28. The van der Waals surface area contributed by atoms with Gasteiger partial charge in [-0.15, -0.1) is 11.3 Å². The van der Waals surface area contributed by atoms with E-state index in [0.29, 0.717) is 24.5 Å². The van der Waals surface area contributed by atoms with Gasteiger partial charge in [0.05, 0.1) is 25.9 Å². The summed E-state index contributed by atoms with van der Waals surface area (Å²) in [5, 5.41) is 0.857. The molecule has 3 rings (SSSR count). The summed E-state index contributed by atoms with van der Waals surface area (Å²) in [5.41, 5.74) is 1.32. The van der Waals surface area contributed by atoms with Gasteiger partial charge in [-0.25, -0.2) is 9.78 Å². The predicted octanol–water partition coefficient (Wildman–Crippen LogP) is 3.07. The Labute approximate surface area is 132 Å². The summed E-state index contributed by atoms with van der Waals surface area (Å²) in [7, 11) is 1.37. The largest absolute Gasteiger partial charge is 0.488 e. The van der Waals surface area contributed by atoms with Gasteiger partial charge < -0.3 is 14.2 Å². The molecule has 2 aromatic rings. The summed E-state index contributed by atoms with van der Waals surface area (Å²) >= 11 is 1.58. The molecular weight excluding hydrogens is 302 g/mol. The Morgan fingerprint density at radius 1 is 1.41 bits per heavy atom. The molecule has 0 spiro atoms. The molecule has 0 unspecified atom stereocenters. The van der Waals surface area contributed by atoms with Crippen LogP contribution in [0.3, 0.4) is 0 Å². The monoisotopic (exact) mass is 319 g/mol. The van der Waals surface area contributed by atoms with Crippen molar-refractivity contribution in [1.29, 1.82) is 0 Å². The lowest BCUT2D eigenvalue weighted by Gasteiger charge is -2.13. The second-order valence-electron chi connectivity index (χ2n) is 5.12. The average Bonchev–Trinajstić information content (AvgIpc) is 3.17. The first-order valence-electron chi connectivity index (χ1n) is 7.06. The van der Waals surface area contributed by atoms with E-state index in [2.05, 4.69) is 4.98 Å². The minimum absolute atomic E-state index is 0.0266. The van der Waals surface area contributed by atoms with Crippen molar-refractivity contribution in [2.75, 3.05) is 20.3 Å². The zero-order chi connectivity index (χ0) is 15.5. The molecule has 0 N–H and O–H groups in total. The number of rotatable bonds is 4. The molecule has 1 aromatic heterocycles. The average molecular weight is 319 g/mol. The van der Waals surface area contributed by atoms with Crippen LogP contribution in [0.25, 0.3) is 10.6 Å². The normalized spacial score (nSPS) is 17.5. The molecule has 1 aliphatic rings.